The molecule has 0 unspecified atom stereocenters. The lowest BCUT2D eigenvalue weighted by Crippen LogP contribution is -2.24. The van der Waals surface area contributed by atoms with Crippen molar-refractivity contribution in [3.8, 4) is 0 Å². The van der Waals surface area contributed by atoms with Crippen molar-refractivity contribution in [3.05, 3.63) is 70.5 Å². The molecule has 136 valence electrons. The molecule has 0 amide bonds. The first-order valence-electron chi connectivity index (χ1n) is 8.28. The fraction of sp³-hybridized carbons (Fsp3) is 0.429. The smallest absolute Gasteiger partial charge is 0.207 e. The van der Waals surface area contributed by atoms with Crippen LogP contribution in [-0.4, -0.2) is 0 Å². The summed E-state index contributed by atoms with van der Waals surface area (Å²) in [6.07, 6.45) is -3.93. The number of hydrogen-bond donors (Lipinski definition) is 0. The van der Waals surface area contributed by atoms with Gasteiger partial charge < -0.3 is 0 Å². The van der Waals surface area contributed by atoms with E-state index < -0.39 is 22.6 Å². The highest BCUT2D eigenvalue weighted by molar-refractivity contribution is 5.40. The van der Waals surface area contributed by atoms with E-state index in [-0.39, 0.29) is 11.4 Å². The fourth-order valence-corrected chi connectivity index (χ4v) is 3.18. The molecule has 0 atom stereocenters. The van der Waals surface area contributed by atoms with Crippen LogP contribution in [-0.2, 0) is 23.4 Å². The zero-order valence-corrected chi connectivity index (χ0v) is 15.3. The second kappa shape index (κ2) is 6.47. The summed E-state index contributed by atoms with van der Waals surface area (Å²) in [6.45, 7) is 9.11. The van der Waals surface area contributed by atoms with Gasteiger partial charge in [-0.15, -0.1) is 0 Å². The largest absolute Gasteiger partial charge is 0.416 e. The van der Waals surface area contributed by atoms with Gasteiger partial charge in [0.05, 0.1) is 5.56 Å². The van der Waals surface area contributed by atoms with E-state index in [1.165, 1.54) is 12.1 Å². The molecule has 0 aliphatic carbocycles. The normalized spacial score (nSPS) is 13.2. The van der Waals surface area contributed by atoms with Crippen LogP contribution >= 0.6 is 0 Å². The first kappa shape index (κ1) is 19.5. The maximum atomic E-state index is 14.1. The van der Waals surface area contributed by atoms with Gasteiger partial charge in [0.2, 0.25) is 0 Å². The van der Waals surface area contributed by atoms with Crippen LogP contribution in [0.1, 0.15) is 56.9 Å². The molecule has 2 aromatic rings. The molecule has 4 heteroatoms. The molecule has 0 nitrogen and oxygen atoms in total. The van der Waals surface area contributed by atoms with Crippen molar-refractivity contribution in [2.45, 2.75) is 58.0 Å². The molecule has 0 spiro atoms. The predicted molar refractivity (Wildman–Crippen MR) is 93.3 cm³/mol. The van der Waals surface area contributed by atoms with E-state index in [1.54, 1.807) is 45.0 Å². The summed E-state index contributed by atoms with van der Waals surface area (Å²) in [5, 5.41) is 0. The maximum absolute atomic E-state index is 14.1. The van der Waals surface area contributed by atoms with E-state index in [1.807, 2.05) is 13.8 Å². The zero-order valence-electron chi connectivity index (χ0n) is 15.3. The van der Waals surface area contributed by atoms with Gasteiger partial charge in [-0.25, -0.2) is 4.39 Å². The SMILES string of the molecule is CC(C)(C)c1cc(CC(C)(C)c2ccccc2F)ccc1C(F)(F)F. The Morgan fingerprint density at radius 3 is 1.88 bits per heavy atom. The van der Waals surface area contributed by atoms with Crippen LogP contribution in [0.5, 0.6) is 0 Å². The standard InChI is InChI=1S/C21H24F4/c1-19(2,3)17-12-14(10-11-15(17)21(23,24)25)13-20(4,5)16-8-6-7-9-18(16)22/h6-12H,13H2,1-5H3. The van der Waals surface area contributed by atoms with E-state index in [9.17, 15) is 17.6 Å². The van der Waals surface area contributed by atoms with E-state index >= 15 is 0 Å². The van der Waals surface area contributed by atoms with Crippen molar-refractivity contribution in [2.75, 3.05) is 0 Å². The minimum Gasteiger partial charge on any atom is -0.207 e. The average molecular weight is 352 g/mol. The Bertz CT molecular complexity index is 749. The van der Waals surface area contributed by atoms with Crippen molar-refractivity contribution >= 4 is 0 Å². The lowest BCUT2D eigenvalue weighted by atomic mass is 9.76. The molecule has 0 aromatic heterocycles. The minimum atomic E-state index is -4.39. The van der Waals surface area contributed by atoms with Crippen LogP contribution in [0.3, 0.4) is 0 Å². The molecule has 0 heterocycles. The highest BCUT2D eigenvalue weighted by Crippen LogP contribution is 2.39. The van der Waals surface area contributed by atoms with Gasteiger partial charge in [-0.05, 0) is 46.1 Å². The van der Waals surface area contributed by atoms with Crippen molar-refractivity contribution in [1.29, 1.82) is 0 Å². The van der Waals surface area contributed by atoms with Gasteiger partial charge in [0.25, 0.3) is 0 Å². The summed E-state index contributed by atoms with van der Waals surface area (Å²) in [4.78, 5) is 0. The Hall–Kier alpha value is -1.84. The monoisotopic (exact) mass is 352 g/mol. The van der Waals surface area contributed by atoms with Crippen molar-refractivity contribution < 1.29 is 17.6 Å². The lowest BCUT2D eigenvalue weighted by Gasteiger charge is -2.29. The van der Waals surface area contributed by atoms with Crippen molar-refractivity contribution in [2.24, 2.45) is 0 Å². The average Bonchev–Trinajstić information content (AvgIpc) is 2.45. The Morgan fingerprint density at radius 1 is 0.760 bits per heavy atom. The molecule has 0 bridgehead atoms. The van der Waals surface area contributed by atoms with Gasteiger partial charge in [0.15, 0.2) is 0 Å². The molecule has 0 N–H and O–H groups in total. The second-order valence-electron chi connectivity index (χ2n) is 8.17. The number of rotatable bonds is 3. The Morgan fingerprint density at radius 2 is 1.36 bits per heavy atom. The zero-order chi connectivity index (χ0) is 19.0. The van der Waals surface area contributed by atoms with E-state index in [2.05, 4.69) is 0 Å². The molecular formula is C21H24F4. The molecule has 0 saturated heterocycles. The summed E-state index contributed by atoms with van der Waals surface area (Å²) >= 11 is 0. The molecule has 2 rings (SSSR count). The first-order valence-corrected chi connectivity index (χ1v) is 8.28. The van der Waals surface area contributed by atoms with E-state index in [0.717, 1.165) is 11.6 Å². The second-order valence-corrected chi connectivity index (χ2v) is 8.17. The van der Waals surface area contributed by atoms with E-state index in [0.29, 0.717) is 12.0 Å². The molecule has 0 aliphatic rings. The quantitative estimate of drug-likeness (QED) is 0.542. The minimum absolute atomic E-state index is 0.266. The molecule has 0 fully saturated rings. The Balaban J connectivity index is 2.46. The molecule has 2 aromatic carbocycles. The van der Waals surface area contributed by atoms with Gasteiger partial charge in [-0.3, -0.25) is 0 Å². The van der Waals surface area contributed by atoms with E-state index in [4.69, 9.17) is 0 Å². The summed E-state index contributed by atoms with van der Waals surface area (Å²) in [6, 6.07) is 10.8. The maximum Gasteiger partial charge on any atom is 0.416 e. The molecule has 0 aliphatic heterocycles. The fourth-order valence-electron chi connectivity index (χ4n) is 3.18. The third-order valence-corrected chi connectivity index (χ3v) is 4.45. The van der Waals surface area contributed by atoms with Crippen molar-refractivity contribution in [3.63, 3.8) is 0 Å². The topological polar surface area (TPSA) is 0 Å². The lowest BCUT2D eigenvalue weighted by molar-refractivity contribution is -0.138. The number of halogens is 4. The number of benzene rings is 2. The Labute approximate surface area is 146 Å². The molecular weight excluding hydrogens is 328 g/mol. The number of alkyl halides is 3. The third kappa shape index (κ3) is 4.42. The van der Waals surface area contributed by atoms with Crippen LogP contribution < -0.4 is 0 Å². The van der Waals surface area contributed by atoms with Crippen LogP contribution in [0.25, 0.3) is 0 Å². The summed E-state index contributed by atoms with van der Waals surface area (Å²) in [7, 11) is 0. The first-order chi connectivity index (χ1) is 11.3. The number of hydrogen-bond acceptors (Lipinski definition) is 0. The van der Waals surface area contributed by atoms with Crippen LogP contribution in [0.2, 0.25) is 0 Å². The van der Waals surface area contributed by atoms with Crippen LogP contribution in [0, 0.1) is 5.82 Å². The highest BCUT2D eigenvalue weighted by atomic mass is 19.4. The van der Waals surface area contributed by atoms with Gasteiger partial charge in [0.1, 0.15) is 5.82 Å². The summed E-state index contributed by atoms with van der Waals surface area (Å²) in [5.41, 5.74) is -0.170. The summed E-state index contributed by atoms with van der Waals surface area (Å²) < 4.78 is 54.1. The van der Waals surface area contributed by atoms with Gasteiger partial charge in [-0.2, -0.15) is 13.2 Å². The van der Waals surface area contributed by atoms with Crippen LogP contribution in [0.4, 0.5) is 17.6 Å². The molecule has 25 heavy (non-hydrogen) atoms. The van der Waals surface area contributed by atoms with Crippen molar-refractivity contribution in [1.82, 2.24) is 0 Å². The Kier molecular flexibility index (Phi) is 5.04. The molecule has 0 saturated carbocycles. The van der Waals surface area contributed by atoms with Gasteiger partial charge in [0, 0.05) is 0 Å². The third-order valence-electron chi connectivity index (χ3n) is 4.45. The molecule has 0 radical (unpaired) electrons. The van der Waals surface area contributed by atoms with Gasteiger partial charge >= 0.3 is 6.18 Å². The predicted octanol–water partition coefficient (Wildman–Crippen LogP) is 6.66. The van der Waals surface area contributed by atoms with Crippen LogP contribution in [0.15, 0.2) is 42.5 Å². The van der Waals surface area contributed by atoms with Gasteiger partial charge in [-0.1, -0.05) is 65.0 Å². The highest BCUT2D eigenvalue weighted by Gasteiger charge is 2.36. The summed E-state index contributed by atoms with van der Waals surface area (Å²) in [5.74, 6) is -0.296.